The van der Waals surface area contributed by atoms with Crippen LogP contribution in [0.5, 0.6) is 0 Å². The molecule has 1 N–H and O–H groups in total. The third-order valence-electron chi connectivity index (χ3n) is 2.01. The van der Waals surface area contributed by atoms with Crippen molar-refractivity contribution >= 4 is 5.82 Å². The SMILES string of the molecule is Cc1cccc(NCCn2ccnn2)n1. The van der Waals surface area contributed by atoms with Gasteiger partial charge in [0, 0.05) is 18.4 Å². The number of hydrogen-bond donors (Lipinski definition) is 1. The van der Waals surface area contributed by atoms with Gasteiger partial charge in [0.25, 0.3) is 0 Å². The van der Waals surface area contributed by atoms with Crippen molar-refractivity contribution < 1.29 is 0 Å². The van der Waals surface area contributed by atoms with E-state index in [0.717, 1.165) is 24.6 Å². The molecule has 2 heterocycles. The summed E-state index contributed by atoms with van der Waals surface area (Å²) >= 11 is 0. The molecule has 0 spiro atoms. The third kappa shape index (κ3) is 2.77. The normalized spacial score (nSPS) is 10.2. The molecule has 0 aliphatic rings. The molecule has 2 rings (SSSR count). The van der Waals surface area contributed by atoms with E-state index in [-0.39, 0.29) is 0 Å². The van der Waals surface area contributed by atoms with E-state index in [1.54, 1.807) is 10.9 Å². The summed E-state index contributed by atoms with van der Waals surface area (Å²) in [5, 5.41) is 10.8. The van der Waals surface area contributed by atoms with E-state index in [1.165, 1.54) is 0 Å². The number of aryl methyl sites for hydroxylation is 1. The maximum atomic E-state index is 4.34. The minimum absolute atomic E-state index is 0.787. The Morgan fingerprint density at radius 3 is 3.07 bits per heavy atom. The van der Waals surface area contributed by atoms with Crippen LogP contribution in [-0.4, -0.2) is 26.5 Å². The van der Waals surface area contributed by atoms with E-state index < -0.39 is 0 Å². The molecule has 2 aromatic rings. The number of pyridine rings is 1. The van der Waals surface area contributed by atoms with Crippen LogP contribution in [0.15, 0.2) is 30.6 Å². The molecule has 0 bridgehead atoms. The summed E-state index contributed by atoms with van der Waals surface area (Å²) in [7, 11) is 0. The number of rotatable bonds is 4. The van der Waals surface area contributed by atoms with Crippen molar-refractivity contribution in [1.82, 2.24) is 20.0 Å². The molecule has 0 radical (unpaired) electrons. The molecule has 0 fully saturated rings. The number of nitrogens with one attached hydrogen (secondary N) is 1. The van der Waals surface area contributed by atoms with Gasteiger partial charge >= 0.3 is 0 Å². The smallest absolute Gasteiger partial charge is 0.126 e. The highest BCUT2D eigenvalue weighted by Gasteiger charge is 1.94. The largest absolute Gasteiger partial charge is 0.368 e. The van der Waals surface area contributed by atoms with E-state index in [1.807, 2.05) is 31.3 Å². The molecule has 0 saturated heterocycles. The Labute approximate surface area is 88.1 Å². The maximum absolute atomic E-state index is 4.34. The predicted octanol–water partition coefficient (Wildman–Crippen LogP) is 1.09. The van der Waals surface area contributed by atoms with Gasteiger partial charge < -0.3 is 5.32 Å². The van der Waals surface area contributed by atoms with Crippen molar-refractivity contribution in [3.63, 3.8) is 0 Å². The average Bonchev–Trinajstić information content (AvgIpc) is 2.71. The Morgan fingerprint density at radius 2 is 2.33 bits per heavy atom. The minimum Gasteiger partial charge on any atom is -0.368 e. The highest BCUT2D eigenvalue weighted by molar-refractivity contribution is 5.34. The number of hydrogen-bond acceptors (Lipinski definition) is 4. The van der Waals surface area contributed by atoms with Crippen molar-refractivity contribution in [3.8, 4) is 0 Å². The average molecular weight is 203 g/mol. The van der Waals surface area contributed by atoms with Gasteiger partial charge in [-0.05, 0) is 19.1 Å². The Bertz CT molecular complexity index is 410. The minimum atomic E-state index is 0.787. The summed E-state index contributed by atoms with van der Waals surface area (Å²) in [6.45, 7) is 3.55. The monoisotopic (exact) mass is 203 g/mol. The summed E-state index contributed by atoms with van der Waals surface area (Å²) in [6.07, 6.45) is 3.51. The van der Waals surface area contributed by atoms with Crippen molar-refractivity contribution in [2.75, 3.05) is 11.9 Å². The molecule has 0 aromatic carbocycles. The topological polar surface area (TPSA) is 55.6 Å². The van der Waals surface area contributed by atoms with Crippen LogP contribution < -0.4 is 5.32 Å². The van der Waals surface area contributed by atoms with Gasteiger partial charge in [-0.2, -0.15) is 0 Å². The Hall–Kier alpha value is -1.91. The van der Waals surface area contributed by atoms with Crippen LogP contribution in [0.25, 0.3) is 0 Å². The molecule has 5 nitrogen and oxygen atoms in total. The van der Waals surface area contributed by atoms with Gasteiger partial charge in [-0.3, -0.25) is 4.68 Å². The molecule has 0 unspecified atom stereocenters. The fourth-order valence-electron chi connectivity index (χ4n) is 1.29. The zero-order valence-electron chi connectivity index (χ0n) is 8.59. The highest BCUT2D eigenvalue weighted by atomic mass is 15.4. The highest BCUT2D eigenvalue weighted by Crippen LogP contribution is 2.02. The molecular formula is C10H13N5. The number of nitrogens with zero attached hydrogens (tertiary/aromatic N) is 4. The fourth-order valence-corrected chi connectivity index (χ4v) is 1.29. The van der Waals surface area contributed by atoms with Crippen LogP contribution in [0, 0.1) is 6.92 Å². The van der Waals surface area contributed by atoms with Gasteiger partial charge in [-0.1, -0.05) is 11.3 Å². The Morgan fingerprint density at radius 1 is 1.40 bits per heavy atom. The van der Waals surface area contributed by atoms with Crippen LogP contribution in [0.2, 0.25) is 0 Å². The molecule has 0 aliphatic heterocycles. The number of aromatic nitrogens is 4. The van der Waals surface area contributed by atoms with Gasteiger partial charge in [-0.25, -0.2) is 4.98 Å². The molecule has 0 aliphatic carbocycles. The summed E-state index contributed by atoms with van der Waals surface area (Å²) in [4.78, 5) is 4.34. The van der Waals surface area contributed by atoms with E-state index in [0.29, 0.717) is 0 Å². The molecule has 5 heteroatoms. The van der Waals surface area contributed by atoms with Crippen LogP contribution in [-0.2, 0) is 6.54 Å². The van der Waals surface area contributed by atoms with Crippen LogP contribution >= 0.6 is 0 Å². The molecule has 2 aromatic heterocycles. The van der Waals surface area contributed by atoms with Crippen molar-refractivity contribution in [1.29, 1.82) is 0 Å². The van der Waals surface area contributed by atoms with E-state index >= 15 is 0 Å². The quantitative estimate of drug-likeness (QED) is 0.808. The van der Waals surface area contributed by atoms with Gasteiger partial charge in [-0.15, -0.1) is 5.10 Å². The van der Waals surface area contributed by atoms with Gasteiger partial charge in [0.05, 0.1) is 12.7 Å². The van der Waals surface area contributed by atoms with E-state index in [4.69, 9.17) is 0 Å². The summed E-state index contributed by atoms with van der Waals surface area (Å²) in [5.74, 6) is 0.898. The first-order valence-electron chi connectivity index (χ1n) is 4.86. The lowest BCUT2D eigenvalue weighted by atomic mass is 10.4. The zero-order chi connectivity index (χ0) is 10.5. The summed E-state index contributed by atoms with van der Waals surface area (Å²) in [5.41, 5.74) is 1.01. The summed E-state index contributed by atoms with van der Waals surface area (Å²) < 4.78 is 1.78. The van der Waals surface area contributed by atoms with Crippen LogP contribution in [0.4, 0.5) is 5.82 Å². The van der Waals surface area contributed by atoms with Gasteiger partial charge in [0.15, 0.2) is 0 Å². The van der Waals surface area contributed by atoms with Gasteiger partial charge in [0.1, 0.15) is 5.82 Å². The maximum Gasteiger partial charge on any atom is 0.126 e. The molecule has 0 atom stereocenters. The van der Waals surface area contributed by atoms with Crippen LogP contribution in [0.1, 0.15) is 5.69 Å². The second-order valence-corrected chi connectivity index (χ2v) is 3.26. The summed E-state index contributed by atoms with van der Waals surface area (Å²) in [6, 6.07) is 5.91. The molecule has 78 valence electrons. The first-order chi connectivity index (χ1) is 7.34. The standard InChI is InChI=1S/C10H13N5/c1-9-3-2-4-10(13-9)11-5-7-15-8-6-12-14-15/h2-4,6,8H,5,7H2,1H3,(H,11,13). The predicted molar refractivity (Wildman–Crippen MR) is 57.5 cm³/mol. The van der Waals surface area contributed by atoms with Gasteiger partial charge in [0.2, 0.25) is 0 Å². The van der Waals surface area contributed by atoms with Crippen molar-refractivity contribution in [2.24, 2.45) is 0 Å². The zero-order valence-corrected chi connectivity index (χ0v) is 8.59. The first kappa shape index (κ1) is 9.64. The lowest BCUT2D eigenvalue weighted by Crippen LogP contribution is -2.11. The Balaban J connectivity index is 1.83. The van der Waals surface area contributed by atoms with Crippen molar-refractivity contribution in [2.45, 2.75) is 13.5 Å². The fraction of sp³-hybridized carbons (Fsp3) is 0.300. The first-order valence-corrected chi connectivity index (χ1v) is 4.86. The van der Waals surface area contributed by atoms with Crippen LogP contribution in [0.3, 0.4) is 0 Å². The lowest BCUT2D eigenvalue weighted by molar-refractivity contribution is 0.608. The second-order valence-electron chi connectivity index (χ2n) is 3.26. The second kappa shape index (κ2) is 4.54. The van der Waals surface area contributed by atoms with Crippen molar-refractivity contribution in [3.05, 3.63) is 36.3 Å². The third-order valence-corrected chi connectivity index (χ3v) is 2.01. The lowest BCUT2D eigenvalue weighted by Gasteiger charge is -2.05. The number of anilines is 1. The molecule has 15 heavy (non-hydrogen) atoms. The molecule has 0 saturated carbocycles. The molecule has 0 amide bonds. The van der Waals surface area contributed by atoms with E-state index in [9.17, 15) is 0 Å². The molecular weight excluding hydrogens is 190 g/mol. The Kier molecular flexibility index (Phi) is 2.92. The van der Waals surface area contributed by atoms with E-state index in [2.05, 4.69) is 20.6 Å².